The highest BCUT2D eigenvalue weighted by Crippen LogP contribution is 2.61. The van der Waals surface area contributed by atoms with Crippen LogP contribution in [0.4, 0.5) is 0 Å². The monoisotopic (exact) mass is 508 g/mol. The minimum absolute atomic E-state index is 0.229. The lowest BCUT2D eigenvalue weighted by molar-refractivity contribution is -0.205. The van der Waals surface area contributed by atoms with Crippen LogP contribution in [0, 0.1) is 5.92 Å². The molecule has 5 heteroatoms. The van der Waals surface area contributed by atoms with Crippen LogP contribution >= 0.6 is 31.9 Å². The van der Waals surface area contributed by atoms with Crippen LogP contribution in [-0.4, -0.2) is 20.9 Å². The third-order valence-electron chi connectivity index (χ3n) is 7.33. The van der Waals surface area contributed by atoms with Crippen molar-refractivity contribution >= 4 is 31.9 Å². The molecule has 4 atom stereocenters. The summed E-state index contributed by atoms with van der Waals surface area (Å²) in [6.07, 6.45) is 3.63. The average molecular weight is 510 g/mol. The molecular formula is C23H26Br2O3. The third kappa shape index (κ3) is 2.73. The molecule has 0 spiro atoms. The highest BCUT2D eigenvalue weighted by Gasteiger charge is 2.61. The zero-order valence-corrected chi connectivity index (χ0v) is 19.3. The molecule has 1 saturated carbocycles. The molecule has 4 rings (SSSR count). The normalized spacial score (nSPS) is 34.6. The fraction of sp³-hybridized carbons (Fsp3) is 0.478. The standard InChI is InChI=1S/C23H26Br2O3/c1-3-22-13-21(2,27)23(28,14-7-5-4-6-8-14)12-15(22)9-10-16-17(22)11-18(24)20(26)19(16)25/h4-8,11,15,26-28H,3,9-10,12-13H2,1-2H3/t15-,21-,22-,23-/m1/s1. The third-order valence-corrected chi connectivity index (χ3v) is 8.79. The first kappa shape index (κ1) is 20.4. The molecule has 0 heterocycles. The van der Waals surface area contributed by atoms with Crippen LogP contribution in [0.3, 0.4) is 0 Å². The molecule has 2 aromatic carbocycles. The van der Waals surface area contributed by atoms with E-state index in [0.717, 1.165) is 34.9 Å². The molecule has 1 fully saturated rings. The van der Waals surface area contributed by atoms with E-state index in [9.17, 15) is 15.3 Å². The van der Waals surface area contributed by atoms with Crippen LogP contribution in [0.25, 0.3) is 0 Å². The molecule has 3 nitrogen and oxygen atoms in total. The van der Waals surface area contributed by atoms with Gasteiger partial charge in [-0.25, -0.2) is 0 Å². The summed E-state index contributed by atoms with van der Waals surface area (Å²) in [4.78, 5) is 0. The quantitative estimate of drug-likeness (QED) is 0.496. The summed E-state index contributed by atoms with van der Waals surface area (Å²) in [6, 6.07) is 11.6. The van der Waals surface area contributed by atoms with E-state index in [1.165, 1.54) is 5.56 Å². The van der Waals surface area contributed by atoms with Gasteiger partial charge in [0.2, 0.25) is 0 Å². The maximum Gasteiger partial charge on any atom is 0.144 e. The number of aliphatic hydroxyl groups is 2. The van der Waals surface area contributed by atoms with Gasteiger partial charge in [-0.15, -0.1) is 0 Å². The van der Waals surface area contributed by atoms with Crippen LogP contribution in [-0.2, 0) is 17.4 Å². The highest BCUT2D eigenvalue weighted by atomic mass is 79.9. The molecule has 150 valence electrons. The van der Waals surface area contributed by atoms with Gasteiger partial charge in [0.05, 0.1) is 14.5 Å². The molecule has 0 amide bonds. The number of fused-ring (bicyclic) bond motifs is 3. The Kier molecular flexibility index (Phi) is 4.98. The number of halogens is 2. The fourth-order valence-corrected chi connectivity index (χ4v) is 7.09. The van der Waals surface area contributed by atoms with Crippen LogP contribution in [0.15, 0.2) is 45.3 Å². The highest BCUT2D eigenvalue weighted by molar-refractivity contribution is 9.11. The Morgan fingerprint density at radius 2 is 1.82 bits per heavy atom. The summed E-state index contributed by atoms with van der Waals surface area (Å²) in [5.41, 5.74) is 0.297. The van der Waals surface area contributed by atoms with Gasteiger partial charge in [-0.05, 0) is 99.6 Å². The maximum atomic E-state index is 11.7. The van der Waals surface area contributed by atoms with E-state index >= 15 is 0 Å². The van der Waals surface area contributed by atoms with Crippen molar-refractivity contribution in [2.45, 2.75) is 62.6 Å². The Bertz CT molecular complexity index is 912. The molecule has 3 N–H and O–H groups in total. The second-order valence-electron chi connectivity index (χ2n) is 8.67. The van der Waals surface area contributed by atoms with Crippen molar-refractivity contribution in [2.75, 3.05) is 0 Å². The van der Waals surface area contributed by atoms with Crippen molar-refractivity contribution in [3.8, 4) is 5.75 Å². The maximum absolute atomic E-state index is 11.7. The van der Waals surface area contributed by atoms with E-state index in [0.29, 0.717) is 17.3 Å². The number of hydrogen-bond acceptors (Lipinski definition) is 3. The van der Waals surface area contributed by atoms with E-state index in [-0.39, 0.29) is 17.1 Å². The first-order valence-electron chi connectivity index (χ1n) is 9.87. The number of rotatable bonds is 2. The van der Waals surface area contributed by atoms with Gasteiger partial charge in [0.1, 0.15) is 11.4 Å². The van der Waals surface area contributed by atoms with Crippen LogP contribution in [0.5, 0.6) is 5.75 Å². The molecule has 0 unspecified atom stereocenters. The minimum atomic E-state index is -1.28. The minimum Gasteiger partial charge on any atom is -0.506 e. The zero-order valence-electron chi connectivity index (χ0n) is 16.2. The lowest BCUT2D eigenvalue weighted by Crippen LogP contribution is -2.62. The summed E-state index contributed by atoms with van der Waals surface area (Å²) in [5.74, 6) is 0.477. The molecule has 0 bridgehead atoms. The molecule has 0 radical (unpaired) electrons. The predicted molar refractivity (Wildman–Crippen MR) is 117 cm³/mol. The summed E-state index contributed by atoms with van der Waals surface area (Å²) >= 11 is 7.07. The van der Waals surface area contributed by atoms with Gasteiger partial charge in [0, 0.05) is 5.41 Å². The lowest BCUT2D eigenvalue weighted by atomic mass is 9.49. The Morgan fingerprint density at radius 1 is 1.14 bits per heavy atom. The van der Waals surface area contributed by atoms with E-state index in [1.807, 2.05) is 36.4 Å². The van der Waals surface area contributed by atoms with Crippen molar-refractivity contribution in [1.82, 2.24) is 0 Å². The predicted octanol–water partition coefficient (Wildman–Crippen LogP) is 5.56. The average Bonchev–Trinajstić information content (AvgIpc) is 2.68. The SMILES string of the molecule is CC[C@@]12C[C@@](C)(O)[C@](O)(c3ccccc3)C[C@H]1CCc1c2cc(Br)c(O)c1Br. The molecule has 28 heavy (non-hydrogen) atoms. The van der Waals surface area contributed by atoms with Gasteiger partial charge in [0.25, 0.3) is 0 Å². The van der Waals surface area contributed by atoms with Crippen molar-refractivity contribution in [2.24, 2.45) is 5.92 Å². The molecule has 0 aliphatic heterocycles. The van der Waals surface area contributed by atoms with Gasteiger partial charge in [0.15, 0.2) is 0 Å². The molecule has 2 aromatic rings. The molecule has 2 aliphatic carbocycles. The van der Waals surface area contributed by atoms with Crippen molar-refractivity contribution in [3.63, 3.8) is 0 Å². The van der Waals surface area contributed by atoms with E-state index in [4.69, 9.17) is 0 Å². The molecule has 2 aliphatic rings. The summed E-state index contributed by atoms with van der Waals surface area (Å²) in [6.45, 7) is 3.94. The number of benzene rings is 2. The van der Waals surface area contributed by atoms with E-state index in [2.05, 4.69) is 38.8 Å². The van der Waals surface area contributed by atoms with Gasteiger partial charge >= 0.3 is 0 Å². The molecule has 0 aromatic heterocycles. The zero-order chi connectivity index (χ0) is 20.3. The van der Waals surface area contributed by atoms with Gasteiger partial charge < -0.3 is 15.3 Å². The van der Waals surface area contributed by atoms with Crippen molar-refractivity contribution in [1.29, 1.82) is 0 Å². The Balaban J connectivity index is 1.88. The number of phenolic OH excluding ortho intramolecular Hbond substituents is 1. The summed E-state index contributed by atoms with van der Waals surface area (Å²) < 4.78 is 1.40. The van der Waals surface area contributed by atoms with Crippen LogP contribution in [0.1, 0.15) is 56.2 Å². The Labute approximate surface area is 183 Å². The first-order chi connectivity index (χ1) is 13.2. The topological polar surface area (TPSA) is 60.7 Å². The number of aromatic hydroxyl groups is 1. The van der Waals surface area contributed by atoms with Gasteiger partial charge in [-0.1, -0.05) is 37.3 Å². The fourth-order valence-electron chi connectivity index (χ4n) is 5.77. The van der Waals surface area contributed by atoms with Crippen molar-refractivity contribution < 1.29 is 15.3 Å². The molecular weight excluding hydrogens is 484 g/mol. The van der Waals surface area contributed by atoms with E-state index in [1.54, 1.807) is 6.92 Å². The van der Waals surface area contributed by atoms with Gasteiger partial charge in [-0.2, -0.15) is 0 Å². The van der Waals surface area contributed by atoms with Crippen molar-refractivity contribution in [3.05, 3.63) is 62.0 Å². The van der Waals surface area contributed by atoms with Gasteiger partial charge in [-0.3, -0.25) is 0 Å². The van der Waals surface area contributed by atoms with E-state index < -0.39 is 11.2 Å². The molecule has 0 saturated heterocycles. The number of hydrogen-bond donors (Lipinski definition) is 3. The lowest BCUT2D eigenvalue weighted by Gasteiger charge is -2.59. The summed E-state index contributed by atoms with van der Waals surface area (Å²) in [7, 11) is 0. The summed E-state index contributed by atoms with van der Waals surface area (Å²) in [5, 5.41) is 33.7. The first-order valence-corrected chi connectivity index (χ1v) is 11.5. The second-order valence-corrected chi connectivity index (χ2v) is 10.3. The van der Waals surface area contributed by atoms with Crippen LogP contribution in [0.2, 0.25) is 0 Å². The number of phenols is 1. The smallest absolute Gasteiger partial charge is 0.144 e. The largest absolute Gasteiger partial charge is 0.506 e. The Hall–Kier alpha value is -0.880. The Morgan fingerprint density at radius 3 is 2.46 bits per heavy atom. The second kappa shape index (κ2) is 6.83. The van der Waals surface area contributed by atoms with Crippen LogP contribution < -0.4 is 0 Å².